The highest BCUT2D eigenvalue weighted by atomic mass is 35.5. The van der Waals surface area contributed by atoms with Gasteiger partial charge in [0.2, 0.25) is 0 Å². The van der Waals surface area contributed by atoms with Gasteiger partial charge in [0.05, 0.1) is 16.5 Å². The molecule has 1 unspecified atom stereocenters. The molecule has 0 saturated carbocycles. The standard InChI is InChI=1S/C20H23ClFN3O2S.ClH/c1-2-3-8-24-20(27)14-10-25(9-12-4-6-13(21)7-5-12)17-18(26)15(23)11-28-19(17)16(14)22;/h4-7,10,15,17H,2-3,8-9,11,23H2,1H3,(H,24,27);1H/t15-,17?;/m0./s1. The zero-order chi connectivity index (χ0) is 20.3. The van der Waals surface area contributed by atoms with Crippen molar-refractivity contribution in [1.29, 1.82) is 0 Å². The molecule has 158 valence electrons. The number of halogens is 3. The van der Waals surface area contributed by atoms with E-state index in [2.05, 4.69) is 5.32 Å². The largest absolute Gasteiger partial charge is 0.358 e. The van der Waals surface area contributed by atoms with Crippen molar-refractivity contribution in [3.63, 3.8) is 0 Å². The number of carbonyl (C=O) groups excluding carboxylic acids is 2. The smallest absolute Gasteiger partial charge is 0.255 e. The average Bonchev–Trinajstić information content (AvgIpc) is 2.68. The maximum atomic E-state index is 15.1. The number of ketones is 1. The molecular formula is C20H24Cl2FN3O2S. The van der Waals surface area contributed by atoms with Crippen molar-refractivity contribution in [3.8, 4) is 0 Å². The lowest BCUT2D eigenvalue weighted by Gasteiger charge is -2.39. The van der Waals surface area contributed by atoms with Gasteiger partial charge in [0.1, 0.15) is 11.9 Å². The summed E-state index contributed by atoms with van der Waals surface area (Å²) in [5.74, 6) is -1.03. The summed E-state index contributed by atoms with van der Waals surface area (Å²) >= 11 is 7.15. The van der Waals surface area contributed by atoms with Gasteiger partial charge in [0, 0.05) is 30.1 Å². The fourth-order valence-corrected chi connectivity index (χ4v) is 4.47. The first kappa shape index (κ1) is 23.7. The highest BCUT2D eigenvalue weighted by molar-refractivity contribution is 8.03. The van der Waals surface area contributed by atoms with Crippen LogP contribution in [-0.2, 0) is 16.1 Å². The fourth-order valence-electron chi connectivity index (χ4n) is 3.17. The van der Waals surface area contributed by atoms with Gasteiger partial charge in [-0.15, -0.1) is 24.2 Å². The Balaban J connectivity index is 0.00000300. The van der Waals surface area contributed by atoms with Gasteiger partial charge in [-0.3, -0.25) is 9.59 Å². The van der Waals surface area contributed by atoms with E-state index in [9.17, 15) is 9.59 Å². The molecule has 2 atom stereocenters. The molecule has 9 heteroatoms. The Labute approximate surface area is 185 Å². The highest BCUT2D eigenvalue weighted by Crippen LogP contribution is 2.40. The second kappa shape index (κ2) is 10.5. The fraction of sp³-hybridized carbons (Fsp3) is 0.400. The summed E-state index contributed by atoms with van der Waals surface area (Å²) in [6, 6.07) is 5.72. The molecular weight excluding hydrogens is 436 g/mol. The molecule has 0 radical (unpaired) electrons. The van der Waals surface area contributed by atoms with Gasteiger partial charge in [0.15, 0.2) is 5.78 Å². The number of rotatable bonds is 6. The van der Waals surface area contributed by atoms with Crippen LogP contribution in [0.2, 0.25) is 5.02 Å². The minimum absolute atomic E-state index is 0. The summed E-state index contributed by atoms with van der Waals surface area (Å²) in [7, 11) is 0. The van der Waals surface area contributed by atoms with Crippen LogP contribution < -0.4 is 11.1 Å². The quantitative estimate of drug-likeness (QED) is 0.635. The molecule has 5 nitrogen and oxygen atoms in total. The van der Waals surface area contributed by atoms with Crippen LogP contribution in [0.25, 0.3) is 0 Å². The lowest BCUT2D eigenvalue weighted by Crippen LogP contribution is -2.52. The van der Waals surface area contributed by atoms with E-state index in [1.54, 1.807) is 17.0 Å². The number of fused-ring (bicyclic) bond motifs is 1. The van der Waals surface area contributed by atoms with Crippen molar-refractivity contribution in [2.24, 2.45) is 5.73 Å². The van der Waals surface area contributed by atoms with E-state index >= 15 is 4.39 Å². The SMILES string of the molecule is CCCCNC(=O)C1=CN(Cc2ccc(Cl)cc2)C2C(=O)[C@@H](N)CSC2=C1F.Cl. The number of thioether (sulfide) groups is 1. The predicted molar refractivity (Wildman–Crippen MR) is 118 cm³/mol. The molecule has 0 spiro atoms. The first-order chi connectivity index (χ1) is 13.4. The first-order valence-electron chi connectivity index (χ1n) is 9.24. The predicted octanol–water partition coefficient (Wildman–Crippen LogP) is 3.57. The summed E-state index contributed by atoms with van der Waals surface area (Å²) < 4.78 is 15.1. The van der Waals surface area contributed by atoms with Crippen molar-refractivity contribution in [1.82, 2.24) is 10.2 Å². The third kappa shape index (κ3) is 5.34. The zero-order valence-electron chi connectivity index (χ0n) is 16.0. The number of carbonyl (C=O) groups is 2. The summed E-state index contributed by atoms with van der Waals surface area (Å²) in [6.07, 6.45) is 3.18. The third-order valence-electron chi connectivity index (χ3n) is 4.72. The third-order valence-corrected chi connectivity index (χ3v) is 6.21. The molecule has 1 aromatic rings. The van der Waals surface area contributed by atoms with Crippen LogP contribution in [0.4, 0.5) is 4.39 Å². The van der Waals surface area contributed by atoms with Crippen LogP contribution in [0.1, 0.15) is 25.3 Å². The van der Waals surface area contributed by atoms with E-state index in [1.165, 1.54) is 18.0 Å². The molecule has 3 rings (SSSR count). The monoisotopic (exact) mass is 459 g/mol. The van der Waals surface area contributed by atoms with Crippen LogP contribution in [0.3, 0.4) is 0 Å². The maximum Gasteiger partial charge on any atom is 0.255 e. The van der Waals surface area contributed by atoms with Gasteiger partial charge >= 0.3 is 0 Å². The zero-order valence-corrected chi connectivity index (χ0v) is 18.4. The number of nitrogens with one attached hydrogen (secondary N) is 1. The maximum absolute atomic E-state index is 15.1. The number of amides is 1. The van der Waals surface area contributed by atoms with Gasteiger partial charge in [-0.1, -0.05) is 37.1 Å². The Bertz CT molecular complexity index is 830. The lowest BCUT2D eigenvalue weighted by molar-refractivity contribution is -0.124. The van der Waals surface area contributed by atoms with Crippen LogP contribution in [0, 0.1) is 0 Å². The second-order valence-corrected chi connectivity index (χ2v) is 8.35. The van der Waals surface area contributed by atoms with Gasteiger partial charge in [0.25, 0.3) is 5.91 Å². The van der Waals surface area contributed by atoms with Gasteiger partial charge < -0.3 is 16.0 Å². The van der Waals surface area contributed by atoms with Crippen molar-refractivity contribution in [3.05, 3.63) is 57.4 Å². The molecule has 2 heterocycles. The molecule has 2 aliphatic rings. The number of unbranched alkanes of at least 4 members (excludes halogenated alkanes) is 1. The number of nitrogens with two attached hydrogens (primary N) is 1. The van der Waals surface area contributed by atoms with Crippen molar-refractivity contribution >= 4 is 47.5 Å². The number of hydrogen-bond donors (Lipinski definition) is 2. The minimum Gasteiger partial charge on any atom is -0.358 e. The van der Waals surface area contributed by atoms with Crippen LogP contribution >= 0.6 is 35.8 Å². The number of Topliss-reactive ketones (excluding diaryl/α,β-unsaturated/α-hetero) is 1. The second-order valence-electron chi connectivity index (χ2n) is 6.85. The molecule has 1 aromatic carbocycles. The first-order valence-corrected chi connectivity index (χ1v) is 10.6. The average molecular weight is 460 g/mol. The molecule has 0 aliphatic carbocycles. The normalized spacial score (nSPS) is 21.3. The molecule has 0 aromatic heterocycles. The van der Waals surface area contributed by atoms with Crippen molar-refractivity contribution in [2.75, 3.05) is 12.3 Å². The highest BCUT2D eigenvalue weighted by Gasteiger charge is 2.42. The van der Waals surface area contributed by atoms with E-state index < -0.39 is 23.8 Å². The van der Waals surface area contributed by atoms with Gasteiger partial charge in [-0.25, -0.2) is 4.39 Å². The summed E-state index contributed by atoms with van der Waals surface area (Å²) in [4.78, 5) is 27.2. The summed E-state index contributed by atoms with van der Waals surface area (Å²) in [5.41, 5.74) is 6.77. The van der Waals surface area contributed by atoms with Crippen LogP contribution in [-0.4, -0.2) is 41.0 Å². The molecule has 29 heavy (non-hydrogen) atoms. The van der Waals surface area contributed by atoms with Crippen LogP contribution in [0.5, 0.6) is 0 Å². The van der Waals surface area contributed by atoms with Crippen molar-refractivity contribution in [2.45, 2.75) is 38.4 Å². The Morgan fingerprint density at radius 1 is 1.38 bits per heavy atom. The Kier molecular flexibility index (Phi) is 8.58. The Hall–Kier alpha value is -1.54. The van der Waals surface area contributed by atoms with E-state index in [-0.39, 0.29) is 28.7 Å². The number of nitrogens with zero attached hydrogens (tertiary/aromatic N) is 1. The van der Waals surface area contributed by atoms with E-state index in [4.69, 9.17) is 17.3 Å². The van der Waals surface area contributed by atoms with E-state index in [0.717, 1.165) is 18.4 Å². The molecule has 0 bridgehead atoms. The molecule has 3 N–H and O–H groups in total. The topological polar surface area (TPSA) is 75.4 Å². The van der Waals surface area contributed by atoms with E-state index in [1.807, 2.05) is 19.1 Å². The lowest BCUT2D eigenvalue weighted by atomic mass is 9.98. The molecule has 1 amide bonds. The Morgan fingerprint density at radius 2 is 2.07 bits per heavy atom. The van der Waals surface area contributed by atoms with Gasteiger partial charge in [-0.05, 0) is 24.1 Å². The molecule has 1 saturated heterocycles. The number of benzene rings is 1. The minimum atomic E-state index is -0.809. The number of hydrogen-bond acceptors (Lipinski definition) is 5. The summed E-state index contributed by atoms with van der Waals surface area (Å²) in [5, 5.41) is 3.35. The van der Waals surface area contributed by atoms with Gasteiger partial charge in [-0.2, -0.15) is 0 Å². The van der Waals surface area contributed by atoms with Crippen LogP contribution in [0.15, 0.2) is 46.8 Å². The van der Waals surface area contributed by atoms with Crippen molar-refractivity contribution < 1.29 is 14.0 Å². The molecule has 1 fully saturated rings. The molecule has 2 aliphatic heterocycles. The van der Waals surface area contributed by atoms with E-state index in [0.29, 0.717) is 23.9 Å². The Morgan fingerprint density at radius 3 is 2.72 bits per heavy atom. The summed E-state index contributed by atoms with van der Waals surface area (Å²) in [6.45, 7) is 2.83.